The van der Waals surface area contributed by atoms with Crippen molar-refractivity contribution in [3.05, 3.63) is 267 Å². The van der Waals surface area contributed by atoms with Crippen molar-refractivity contribution < 1.29 is 0 Å². The molecule has 0 N–H and O–H groups in total. The van der Waals surface area contributed by atoms with E-state index >= 15 is 0 Å². The maximum atomic E-state index is 2.61. The van der Waals surface area contributed by atoms with Gasteiger partial charge in [0, 0.05) is 44.3 Å². The van der Waals surface area contributed by atoms with Crippen LogP contribution in [0, 0.1) is 0 Å². The first-order valence-electron chi connectivity index (χ1n) is 25.7. The van der Waals surface area contributed by atoms with Gasteiger partial charge in [0.25, 0.3) is 0 Å². The van der Waals surface area contributed by atoms with Gasteiger partial charge in [-0.2, -0.15) is 0 Å². The van der Waals surface area contributed by atoms with E-state index < -0.39 is 0 Å². The molecule has 2 aliphatic heterocycles. The van der Waals surface area contributed by atoms with Gasteiger partial charge in [-0.1, -0.05) is 218 Å². The molecule has 16 rings (SSSR count). The van der Waals surface area contributed by atoms with Gasteiger partial charge in [0.2, 0.25) is 0 Å². The van der Waals surface area contributed by atoms with Crippen LogP contribution in [0.2, 0.25) is 0 Å². The zero-order valence-electron chi connectivity index (χ0n) is 40.3. The van der Waals surface area contributed by atoms with Gasteiger partial charge in [-0.15, -0.1) is 0 Å². The van der Waals surface area contributed by atoms with E-state index in [1.165, 1.54) is 132 Å². The number of hydrogen-bond acceptors (Lipinski definition) is 4. The Kier molecular flexibility index (Phi) is 8.89. The molecule has 0 amide bonds. The Morgan fingerprint density at radius 1 is 0.176 bits per heavy atom. The van der Waals surface area contributed by atoms with Crippen LogP contribution in [0.4, 0.5) is 45.5 Å². The zero-order chi connectivity index (χ0) is 48.4. The highest BCUT2D eigenvalue weighted by molar-refractivity contribution is 6.88. The normalized spacial score (nSPS) is 13.5. The van der Waals surface area contributed by atoms with Gasteiger partial charge >= 0.3 is 14.0 Å². The minimum Gasteiger partial charge on any atom is -0.359 e. The van der Waals surface area contributed by atoms with Gasteiger partial charge in [-0.3, -0.25) is 0 Å². The summed E-state index contributed by atoms with van der Waals surface area (Å²) in [6.07, 6.45) is 0. The van der Waals surface area contributed by atoms with Crippen molar-refractivity contribution in [3.63, 3.8) is 0 Å². The molecule has 14 aromatic carbocycles. The van der Waals surface area contributed by atoms with Crippen LogP contribution in [0.1, 0.15) is 0 Å². The first kappa shape index (κ1) is 41.1. The van der Waals surface area contributed by atoms with Crippen LogP contribution in [0.5, 0.6) is 0 Å². The fraction of sp³-hybridized carbons (Fsp3) is 0. The average molecular weight is 939 g/mol. The number of para-hydroxylation sites is 4. The summed E-state index contributed by atoms with van der Waals surface area (Å²) in [6.45, 7) is -0.470. The third-order valence-electron chi connectivity index (χ3n) is 16.2. The number of benzene rings is 14. The Balaban J connectivity index is 0.978. The molecule has 0 bridgehead atoms. The molecule has 2 aliphatic rings. The van der Waals surface area contributed by atoms with Crippen molar-refractivity contribution in [1.82, 2.24) is 0 Å². The fourth-order valence-electron chi connectivity index (χ4n) is 13.1. The minimum atomic E-state index is -0.235. The standard InChI is InChI=1S/C68H44B2N4/c1-5-25-51-45(17-1)21-13-33-59(51)71-63-29-9-10-30-64(63)72(60-34-14-22-46-18-2-6-26-52(46)60)69(71)57-43-39-49-38-42-56-58(44-40-50-37-41-55(57)67(49)68(50)56)70-73(61-35-15-23-47-19-3-7-27-53(47)61)65-31-11-12-32-66(65)74(70)62-36-16-24-48-20-4-8-28-54(48)62/h1-44H. The Hall–Kier alpha value is -9.51. The van der Waals surface area contributed by atoms with Crippen molar-refractivity contribution in [2.45, 2.75) is 0 Å². The number of anilines is 8. The third kappa shape index (κ3) is 5.88. The van der Waals surface area contributed by atoms with Crippen LogP contribution < -0.4 is 30.2 Å². The van der Waals surface area contributed by atoms with E-state index in [1.807, 2.05) is 0 Å². The molecular weight excluding hydrogens is 894 g/mol. The minimum absolute atomic E-state index is 0.235. The second-order valence-corrected chi connectivity index (χ2v) is 19.9. The summed E-state index contributed by atoms with van der Waals surface area (Å²) in [4.78, 5) is 10.4. The molecule has 14 aromatic rings. The van der Waals surface area contributed by atoms with Gasteiger partial charge in [-0.05, 0) is 113 Å². The zero-order valence-corrected chi connectivity index (χ0v) is 40.3. The van der Waals surface area contributed by atoms with E-state index in [1.54, 1.807) is 0 Å². The molecule has 342 valence electrons. The molecule has 0 unspecified atom stereocenters. The molecule has 0 saturated heterocycles. The lowest BCUT2D eigenvalue weighted by Crippen LogP contribution is -2.53. The van der Waals surface area contributed by atoms with E-state index in [9.17, 15) is 0 Å². The van der Waals surface area contributed by atoms with Crippen LogP contribution in [-0.4, -0.2) is 14.0 Å². The number of fused-ring (bicyclic) bond motifs is 6. The Bertz CT molecular complexity index is 4070. The van der Waals surface area contributed by atoms with Crippen molar-refractivity contribution in [3.8, 4) is 0 Å². The summed E-state index contributed by atoms with van der Waals surface area (Å²) < 4.78 is 0. The predicted octanol–water partition coefficient (Wildman–Crippen LogP) is 16.6. The molecule has 2 heterocycles. The van der Waals surface area contributed by atoms with Gasteiger partial charge in [0.15, 0.2) is 0 Å². The van der Waals surface area contributed by atoms with Crippen LogP contribution in [0.3, 0.4) is 0 Å². The maximum absolute atomic E-state index is 2.61. The first-order valence-corrected chi connectivity index (χ1v) is 25.7. The molecular formula is C68H44B2N4. The maximum Gasteiger partial charge on any atom is 0.421 e. The predicted molar refractivity (Wildman–Crippen MR) is 318 cm³/mol. The van der Waals surface area contributed by atoms with E-state index in [2.05, 4.69) is 286 Å². The van der Waals surface area contributed by atoms with Crippen molar-refractivity contribution in [1.29, 1.82) is 0 Å². The lowest BCUT2D eigenvalue weighted by atomic mass is 9.61. The van der Waals surface area contributed by atoms with E-state index in [0.717, 1.165) is 0 Å². The molecule has 0 fully saturated rings. The van der Waals surface area contributed by atoms with E-state index in [0.29, 0.717) is 0 Å². The SMILES string of the molecule is c1ccc2c(c1)N(c1cccc3ccccc13)B(c1ccc3ccc4c(B5N(c6cccc7ccccc67)c6ccccc6N5c5cccc6ccccc56)ccc5ccc1c3c54)N2c1cccc2ccccc12. The van der Waals surface area contributed by atoms with E-state index in [-0.39, 0.29) is 14.0 Å². The van der Waals surface area contributed by atoms with Crippen LogP contribution in [0.25, 0.3) is 75.4 Å². The molecule has 0 aliphatic carbocycles. The largest absolute Gasteiger partial charge is 0.421 e. The second-order valence-electron chi connectivity index (χ2n) is 19.9. The van der Waals surface area contributed by atoms with Crippen molar-refractivity contribution in [2.24, 2.45) is 0 Å². The van der Waals surface area contributed by atoms with E-state index in [4.69, 9.17) is 0 Å². The monoisotopic (exact) mass is 938 g/mol. The Morgan fingerprint density at radius 3 is 0.730 bits per heavy atom. The smallest absolute Gasteiger partial charge is 0.359 e. The molecule has 4 nitrogen and oxygen atoms in total. The lowest BCUT2D eigenvalue weighted by Gasteiger charge is -2.33. The van der Waals surface area contributed by atoms with Gasteiger partial charge in [-0.25, -0.2) is 0 Å². The quantitative estimate of drug-likeness (QED) is 0.122. The summed E-state index contributed by atoms with van der Waals surface area (Å²) >= 11 is 0. The fourth-order valence-corrected chi connectivity index (χ4v) is 13.1. The van der Waals surface area contributed by atoms with Crippen LogP contribution in [-0.2, 0) is 0 Å². The molecule has 0 aromatic heterocycles. The molecule has 0 spiro atoms. The van der Waals surface area contributed by atoms with Gasteiger partial charge in [0.1, 0.15) is 0 Å². The molecule has 0 saturated carbocycles. The topological polar surface area (TPSA) is 13.0 Å². The summed E-state index contributed by atoms with van der Waals surface area (Å²) in [5.41, 5.74) is 11.9. The first-order chi connectivity index (χ1) is 36.8. The van der Waals surface area contributed by atoms with Crippen molar-refractivity contribution in [2.75, 3.05) is 19.2 Å². The highest BCUT2D eigenvalue weighted by atomic mass is 15.3. The highest BCUT2D eigenvalue weighted by Gasteiger charge is 2.47. The molecule has 74 heavy (non-hydrogen) atoms. The average Bonchev–Trinajstić information content (AvgIpc) is 4.00. The molecule has 6 heteroatoms. The molecule has 0 radical (unpaired) electrons. The summed E-state index contributed by atoms with van der Waals surface area (Å²) in [5, 5.41) is 17.3. The molecule has 0 atom stereocenters. The summed E-state index contributed by atoms with van der Waals surface area (Å²) in [6, 6.07) is 99.5. The number of hydrogen-bond donors (Lipinski definition) is 0. The van der Waals surface area contributed by atoms with Crippen LogP contribution in [0.15, 0.2) is 267 Å². The number of nitrogens with zero attached hydrogens (tertiary/aromatic N) is 4. The summed E-state index contributed by atoms with van der Waals surface area (Å²) in [7, 11) is 0. The van der Waals surface area contributed by atoms with Gasteiger partial charge in [0.05, 0.1) is 22.7 Å². The van der Waals surface area contributed by atoms with Crippen LogP contribution >= 0.6 is 0 Å². The number of rotatable bonds is 6. The van der Waals surface area contributed by atoms with Gasteiger partial charge < -0.3 is 19.2 Å². The highest BCUT2D eigenvalue weighted by Crippen LogP contribution is 2.52. The second kappa shape index (κ2) is 16.0. The lowest BCUT2D eigenvalue weighted by molar-refractivity contribution is 1.42. The third-order valence-corrected chi connectivity index (χ3v) is 16.2. The Morgan fingerprint density at radius 2 is 0.419 bits per heavy atom. The Labute approximate surface area is 429 Å². The van der Waals surface area contributed by atoms with Crippen molar-refractivity contribution >= 4 is 146 Å². The summed E-state index contributed by atoms with van der Waals surface area (Å²) in [5.74, 6) is 0.